The molecule has 3 heterocycles. The smallest absolute Gasteiger partial charge is 0.394 e. The molecule has 3 N–H and O–H groups in total. The molecule has 1 aliphatic rings. The molecule has 4 aromatic rings. The summed E-state index contributed by atoms with van der Waals surface area (Å²) in [4.78, 5) is 4.15. The van der Waals surface area contributed by atoms with Gasteiger partial charge in [-0.15, -0.1) is 5.10 Å². The molecule has 218 valence electrons. The summed E-state index contributed by atoms with van der Waals surface area (Å²) >= 11 is 5.98. The highest BCUT2D eigenvalue weighted by molar-refractivity contribution is 6.30. The van der Waals surface area contributed by atoms with Crippen LogP contribution in [-0.4, -0.2) is 70.0 Å². The van der Waals surface area contributed by atoms with Gasteiger partial charge in [0.25, 0.3) is 0 Å². The highest BCUT2D eigenvalue weighted by Gasteiger charge is 2.49. The molecule has 1 aliphatic heterocycles. The van der Waals surface area contributed by atoms with E-state index in [4.69, 9.17) is 16.3 Å². The summed E-state index contributed by atoms with van der Waals surface area (Å²) in [5, 5.41) is 43.7. The van der Waals surface area contributed by atoms with Crippen LogP contribution in [0.4, 0.5) is 26.3 Å². The van der Waals surface area contributed by atoms with Gasteiger partial charge in [-0.2, -0.15) is 18.3 Å². The zero-order chi connectivity index (χ0) is 29.8. The first-order chi connectivity index (χ1) is 19.3. The molecule has 0 saturated carbocycles. The zero-order valence-electron chi connectivity index (χ0n) is 20.6. The number of rotatable bonds is 5. The first kappa shape index (κ1) is 28.9. The van der Waals surface area contributed by atoms with Crippen LogP contribution < -0.4 is 0 Å². The number of halogens is 7. The molecule has 0 bridgehead atoms. The van der Waals surface area contributed by atoms with E-state index >= 15 is 0 Å². The predicted octanol–water partition coefficient (Wildman–Crippen LogP) is 3.32. The Labute approximate surface area is 231 Å². The minimum Gasteiger partial charge on any atom is -0.394 e. The fourth-order valence-corrected chi connectivity index (χ4v) is 4.76. The molecule has 10 nitrogen and oxygen atoms in total. The van der Waals surface area contributed by atoms with Gasteiger partial charge in [-0.3, -0.25) is 0 Å². The third kappa shape index (κ3) is 5.28. The largest absolute Gasteiger partial charge is 0.418 e. The molecule has 0 aliphatic carbocycles. The van der Waals surface area contributed by atoms with Crippen LogP contribution in [0.1, 0.15) is 29.4 Å². The van der Waals surface area contributed by atoms with Crippen molar-refractivity contribution in [3.8, 4) is 16.9 Å². The Morgan fingerprint density at radius 2 is 1.73 bits per heavy atom. The fraction of sp³-hybridized carbons (Fsp3) is 0.333. The van der Waals surface area contributed by atoms with Gasteiger partial charge >= 0.3 is 6.18 Å². The average molecular weight is 605 g/mol. The van der Waals surface area contributed by atoms with Gasteiger partial charge in [0.15, 0.2) is 23.3 Å². The van der Waals surface area contributed by atoms with Crippen LogP contribution in [0.15, 0.2) is 36.5 Å². The lowest BCUT2D eigenvalue weighted by molar-refractivity contribution is -0.210. The Morgan fingerprint density at radius 1 is 1.05 bits per heavy atom. The summed E-state index contributed by atoms with van der Waals surface area (Å²) in [6, 6.07) is 2.65. The van der Waals surface area contributed by atoms with Crippen molar-refractivity contribution < 1.29 is 46.4 Å². The predicted molar refractivity (Wildman–Crippen MR) is 127 cm³/mol. The van der Waals surface area contributed by atoms with Crippen molar-refractivity contribution >= 4 is 11.6 Å². The van der Waals surface area contributed by atoms with Gasteiger partial charge < -0.3 is 20.1 Å². The van der Waals surface area contributed by atoms with Gasteiger partial charge in [0.05, 0.1) is 24.1 Å². The molecule has 0 amide bonds. The van der Waals surface area contributed by atoms with Crippen molar-refractivity contribution in [3.05, 3.63) is 76.2 Å². The van der Waals surface area contributed by atoms with Crippen LogP contribution in [0.25, 0.3) is 16.9 Å². The monoisotopic (exact) mass is 604 g/mol. The third-order valence-corrected chi connectivity index (χ3v) is 6.71. The maximum absolute atomic E-state index is 13.9. The summed E-state index contributed by atoms with van der Waals surface area (Å²) in [7, 11) is 0. The maximum atomic E-state index is 13.9. The van der Waals surface area contributed by atoms with Gasteiger partial charge in [-0.25, -0.2) is 27.5 Å². The number of ether oxygens (including phenoxy) is 1. The van der Waals surface area contributed by atoms with E-state index in [1.54, 1.807) is 0 Å². The van der Waals surface area contributed by atoms with Crippen molar-refractivity contribution in [1.82, 2.24) is 29.8 Å². The highest BCUT2D eigenvalue weighted by Crippen LogP contribution is 2.41. The van der Waals surface area contributed by atoms with Crippen molar-refractivity contribution in [1.29, 1.82) is 0 Å². The second-order valence-corrected chi connectivity index (χ2v) is 9.61. The molecule has 0 spiro atoms. The normalized spacial score (nSPS) is 23.2. The molecule has 0 unspecified atom stereocenters. The Kier molecular flexibility index (Phi) is 7.54. The van der Waals surface area contributed by atoms with E-state index in [2.05, 4.69) is 20.4 Å². The number of aliphatic hydroxyl groups is 3. The standard InChI is InChI=1S/C24H19ClF6N6O4/c1-9-32-23(37(34-9)16-6-11(25)2-3-12(16)24(29,30)31)22-21(40)19(20(39)17(8-38)41-22)36-7-15(33-35-36)10-4-13(26)18(28)14(27)5-10/h2-7,17,19-22,38-40H,8H2,1H3/t17-,19+,20+,21-,22-/m1/s1. The summed E-state index contributed by atoms with van der Waals surface area (Å²) < 4.78 is 89.9. The number of hydrogen-bond donors (Lipinski definition) is 3. The van der Waals surface area contributed by atoms with E-state index in [0.29, 0.717) is 12.1 Å². The van der Waals surface area contributed by atoms with Crippen LogP contribution in [0.5, 0.6) is 0 Å². The first-order valence-corrected chi connectivity index (χ1v) is 12.2. The maximum Gasteiger partial charge on any atom is 0.418 e. The molecule has 0 radical (unpaired) electrons. The van der Waals surface area contributed by atoms with Crippen molar-refractivity contribution in [2.24, 2.45) is 0 Å². The van der Waals surface area contributed by atoms with Crippen molar-refractivity contribution in [3.63, 3.8) is 0 Å². The van der Waals surface area contributed by atoms with E-state index in [1.165, 1.54) is 6.92 Å². The molecule has 1 fully saturated rings. The summed E-state index contributed by atoms with van der Waals surface area (Å²) in [6.07, 6.45) is -10.2. The summed E-state index contributed by atoms with van der Waals surface area (Å²) in [5.41, 5.74) is -2.02. The molecule has 1 saturated heterocycles. The fourth-order valence-electron chi connectivity index (χ4n) is 4.60. The molecule has 41 heavy (non-hydrogen) atoms. The molecule has 17 heteroatoms. The Bertz CT molecular complexity index is 1570. The van der Waals surface area contributed by atoms with E-state index in [-0.39, 0.29) is 27.9 Å². The average Bonchev–Trinajstić information content (AvgIpc) is 3.53. The van der Waals surface area contributed by atoms with Gasteiger partial charge in [0.2, 0.25) is 0 Å². The second-order valence-electron chi connectivity index (χ2n) is 9.18. The SMILES string of the molecule is Cc1nc([C@@H]2O[C@H](CO)[C@H](O)[C@H](n3cc(-c4cc(F)c(F)c(F)c4)nn3)[C@H]2O)n(-c2cc(Cl)ccc2C(F)(F)F)n1. The lowest BCUT2D eigenvalue weighted by Crippen LogP contribution is -2.53. The lowest BCUT2D eigenvalue weighted by atomic mass is 9.92. The van der Waals surface area contributed by atoms with E-state index in [0.717, 1.165) is 33.8 Å². The number of benzene rings is 2. The Balaban J connectivity index is 1.58. The highest BCUT2D eigenvalue weighted by atomic mass is 35.5. The van der Waals surface area contributed by atoms with Crippen LogP contribution in [0.3, 0.4) is 0 Å². The molecular weight excluding hydrogens is 586 g/mol. The van der Waals surface area contributed by atoms with Gasteiger partial charge in [-0.05, 0) is 37.3 Å². The summed E-state index contributed by atoms with van der Waals surface area (Å²) in [6.45, 7) is 0.586. The van der Waals surface area contributed by atoms with Crippen LogP contribution >= 0.6 is 11.6 Å². The first-order valence-electron chi connectivity index (χ1n) is 11.8. The Morgan fingerprint density at radius 3 is 2.37 bits per heavy atom. The van der Waals surface area contributed by atoms with Crippen molar-refractivity contribution in [2.45, 2.75) is 43.6 Å². The van der Waals surface area contributed by atoms with Gasteiger partial charge in [0, 0.05) is 10.6 Å². The minimum atomic E-state index is -4.83. The lowest BCUT2D eigenvalue weighted by Gasteiger charge is -2.41. The number of aliphatic hydroxyl groups excluding tert-OH is 3. The van der Waals surface area contributed by atoms with Crippen molar-refractivity contribution in [2.75, 3.05) is 6.61 Å². The molecule has 2 aromatic heterocycles. The minimum absolute atomic E-state index is 0.00414. The zero-order valence-corrected chi connectivity index (χ0v) is 21.4. The summed E-state index contributed by atoms with van der Waals surface area (Å²) in [5.74, 6) is -5.00. The van der Waals surface area contributed by atoms with E-state index in [1.807, 2.05) is 0 Å². The van der Waals surface area contributed by atoms with Crippen LogP contribution in [-0.2, 0) is 10.9 Å². The van der Waals surface area contributed by atoms with Gasteiger partial charge in [0.1, 0.15) is 42.0 Å². The number of aryl methyl sites for hydroxylation is 1. The number of aromatic nitrogens is 6. The number of hydrogen-bond acceptors (Lipinski definition) is 8. The van der Waals surface area contributed by atoms with E-state index in [9.17, 15) is 41.7 Å². The molecule has 5 atom stereocenters. The van der Waals surface area contributed by atoms with Gasteiger partial charge in [-0.1, -0.05) is 16.8 Å². The molecule has 5 rings (SSSR count). The topological polar surface area (TPSA) is 131 Å². The van der Waals surface area contributed by atoms with Crippen LogP contribution in [0, 0.1) is 24.4 Å². The number of alkyl halides is 3. The molecule has 2 aromatic carbocycles. The second kappa shape index (κ2) is 10.7. The number of nitrogens with zero attached hydrogens (tertiary/aromatic N) is 6. The molecular formula is C24H19ClF6N6O4. The third-order valence-electron chi connectivity index (χ3n) is 6.47. The Hall–Kier alpha value is -3.57. The van der Waals surface area contributed by atoms with E-state index < -0.39 is 71.9 Å². The quantitative estimate of drug-likeness (QED) is 0.234. The van der Waals surface area contributed by atoms with Crippen LogP contribution in [0.2, 0.25) is 5.02 Å².